The number of hydrogen-bond donors (Lipinski definition) is 2. The van der Waals surface area contributed by atoms with Gasteiger partial charge in [-0.1, -0.05) is 42.5 Å². The van der Waals surface area contributed by atoms with Crippen molar-refractivity contribution in [1.82, 2.24) is 10.3 Å². The van der Waals surface area contributed by atoms with Gasteiger partial charge in [-0.05, 0) is 50.0 Å². The molecule has 2 aromatic carbocycles. The maximum absolute atomic E-state index is 13.1. The summed E-state index contributed by atoms with van der Waals surface area (Å²) in [7, 11) is 1.28. The van der Waals surface area contributed by atoms with E-state index in [0.717, 1.165) is 25.2 Å². The Kier molecular flexibility index (Phi) is 7.59. The van der Waals surface area contributed by atoms with Gasteiger partial charge in [0.2, 0.25) is 0 Å². The molecule has 0 radical (unpaired) electrons. The Balaban J connectivity index is 1.73. The topological polar surface area (TPSA) is 104 Å². The maximum Gasteiger partial charge on any atom is 0.427 e. The molecule has 1 atom stereocenters. The van der Waals surface area contributed by atoms with Crippen LogP contribution in [0.5, 0.6) is 5.75 Å². The average Bonchev–Trinajstić information content (AvgIpc) is 3.38. The molecule has 0 spiro atoms. The predicted molar refractivity (Wildman–Crippen MR) is 130 cm³/mol. The number of aromatic hydroxyl groups is 1. The molecule has 1 aliphatic heterocycles. The Bertz CT molecular complexity index is 1220. The van der Waals surface area contributed by atoms with Gasteiger partial charge in [-0.25, -0.2) is 15.0 Å². The first-order valence-corrected chi connectivity index (χ1v) is 11.5. The number of carbonyl (C=O) groups is 1. The second-order valence-corrected chi connectivity index (χ2v) is 8.40. The summed E-state index contributed by atoms with van der Waals surface area (Å²) >= 11 is 0. The summed E-state index contributed by atoms with van der Waals surface area (Å²) < 4.78 is 10.2. The van der Waals surface area contributed by atoms with Gasteiger partial charge in [-0.3, -0.25) is 0 Å². The molecule has 0 saturated carbocycles. The second-order valence-electron chi connectivity index (χ2n) is 8.40. The fourth-order valence-corrected chi connectivity index (χ4v) is 4.43. The summed E-state index contributed by atoms with van der Waals surface area (Å²) in [4.78, 5) is 27.1. The quantitative estimate of drug-likeness (QED) is 0.294. The van der Waals surface area contributed by atoms with Gasteiger partial charge < -0.3 is 19.2 Å². The lowest BCUT2D eigenvalue weighted by Crippen LogP contribution is -2.26. The minimum Gasteiger partial charge on any atom is -0.507 e. The van der Waals surface area contributed by atoms with Crippen molar-refractivity contribution < 1.29 is 19.1 Å². The number of nitrogens with one attached hydrogen (secondary N) is 1. The highest BCUT2D eigenvalue weighted by Gasteiger charge is 2.27. The number of benzene rings is 2. The highest BCUT2D eigenvalue weighted by molar-refractivity contribution is 5.88. The number of amides is 1. The molecule has 0 aliphatic carbocycles. The molecular formula is C26H29N3O5. The van der Waals surface area contributed by atoms with Gasteiger partial charge in [0.15, 0.2) is 0 Å². The van der Waals surface area contributed by atoms with E-state index < -0.39 is 17.6 Å². The number of likely N-dealkylation sites (tertiary alicyclic amines) is 1. The number of methoxy groups -OCH3 is 1. The van der Waals surface area contributed by atoms with Crippen LogP contribution in [0.1, 0.15) is 42.7 Å². The summed E-state index contributed by atoms with van der Waals surface area (Å²) in [5, 5.41) is 15.9. The third-order valence-corrected chi connectivity index (χ3v) is 6.22. The zero-order valence-corrected chi connectivity index (χ0v) is 19.2. The third-order valence-electron chi connectivity index (χ3n) is 6.22. The lowest BCUT2D eigenvalue weighted by atomic mass is 9.86. The van der Waals surface area contributed by atoms with Crippen molar-refractivity contribution in [3.05, 3.63) is 76.1 Å². The Morgan fingerprint density at radius 1 is 1.15 bits per heavy atom. The van der Waals surface area contributed by atoms with Crippen molar-refractivity contribution in [2.24, 2.45) is 5.10 Å². The van der Waals surface area contributed by atoms with Gasteiger partial charge in [0.05, 0.1) is 18.1 Å². The molecule has 34 heavy (non-hydrogen) atoms. The fourth-order valence-electron chi connectivity index (χ4n) is 4.43. The van der Waals surface area contributed by atoms with E-state index in [1.807, 2.05) is 30.3 Å². The second kappa shape index (κ2) is 11.0. The van der Waals surface area contributed by atoms with E-state index in [0.29, 0.717) is 29.5 Å². The number of hydrazone groups is 1. The summed E-state index contributed by atoms with van der Waals surface area (Å²) in [6.07, 6.45) is 2.60. The summed E-state index contributed by atoms with van der Waals surface area (Å²) in [5.74, 6) is -0.612. The Morgan fingerprint density at radius 3 is 2.59 bits per heavy atom. The number of ether oxygens (including phenoxy) is 1. The van der Waals surface area contributed by atoms with Crippen molar-refractivity contribution in [2.45, 2.75) is 31.6 Å². The van der Waals surface area contributed by atoms with E-state index in [1.165, 1.54) is 20.0 Å². The molecule has 1 fully saturated rings. The zero-order chi connectivity index (χ0) is 23.9. The van der Waals surface area contributed by atoms with Crippen molar-refractivity contribution in [2.75, 3.05) is 26.7 Å². The first-order chi connectivity index (χ1) is 16.6. The number of para-hydroxylation sites is 1. The summed E-state index contributed by atoms with van der Waals surface area (Å²) in [5.41, 5.74) is 3.87. The van der Waals surface area contributed by atoms with Crippen LogP contribution in [0.3, 0.4) is 0 Å². The Hall–Kier alpha value is -3.65. The van der Waals surface area contributed by atoms with E-state index in [1.54, 1.807) is 24.3 Å². The fraction of sp³-hybridized carbons (Fsp3) is 0.346. The highest BCUT2D eigenvalue weighted by atomic mass is 16.5. The first kappa shape index (κ1) is 23.5. The minimum atomic E-state index is -0.664. The molecule has 178 valence electrons. The zero-order valence-electron chi connectivity index (χ0n) is 19.2. The van der Waals surface area contributed by atoms with E-state index >= 15 is 0 Å². The SMILES string of the molecule is COC(=O)N/N=C(\CCN1CCCC1)C[C@@H](c1ccccc1)c1c(O)c2ccccc2oc1=O. The van der Waals surface area contributed by atoms with E-state index in [-0.39, 0.29) is 11.3 Å². The van der Waals surface area contributed by atoms with E-state index in [9.17, 15) is 14.7 Å². The molecule has 1 saturated heterocycles. The molecular weight excluding hydrogens is 434 g/mol. The van der Waals surface area contributed by atoms with Gasteiger partial charge in [0.25, 0.3) is 0 Å². The van der Waals surface area contributed by atoms with Crippen LogP contribution in [0.4, 0.5) is 4.79 Å². The van der Waals surface area contributed by atoms with Gasteiger partial charge in [-0.2, -0.15) is 5.10 Å². The predicted octanol–water partition coefficient (Wildman–Crippen LogP) is 4.22. The molecule has 1 amide bonds. The Morgan fingerprint density at radius 2 is 1.85 bits per heavy atom. The number of carbonyl (C=O) groups excluding carboxylic acids is 1. The largest absolute Gasteiger partial charge is 0.507 e. The average molecular weight is 464 g/mol. The van der Waals surface area contributed by atoms with Crippen molar-refractivity contribution in [3.8, 4) is 5.75 Å². The van der Waals surface area contributed by atoms with Gasteiger partial charge in [-0.15, -0.1) is 0 Å². The number of rotatable bonds is 8. The molecule has 8 nitrogen and oxygen atoms in total. The van der Waals surface area contributed by atoms with Crippen LogP contribution in [-0.4, -0.2) is 48.6 Å². The van der Waals surface area contributed by atoms with Crippen LogP contribution in [0.25, 0.3) is 11.0 Å². The molecule has 0 unspecified atom stereocenters. The van der Waals surface area contributed by atoms with Crippen LogP contribution in [0, 0.1) is 0 Å². The molecule has 2 heterocycles. The van der Waals surface area contributed by atoms with Crippen molar-refractivity contribution in [1.29, 1.82) is 0 Å². The molecule has 4 rings (SSSR count). The number of fused-ring (bicyclic) bond motifs is 1. The number of hydrogen-bond acceptors (Lipinski definition) is 7. The van der Waals surface area contributed by atoms with Gasteiger partial charge >= 0.3 is 11.7 Å². The lowest BCUT2D eigenvalue weighted by Gasteiger charge is -2.21. The maximum atomic E-state index is 13.1. The van der Waals surface area contributed by atoms with Crippen LogP contribution in [-0.2, 0) is 4.74 Å². The molecule has 1 aliphatic rings. The molecule has 3 aromatic rings. The molecule has 1 aromatic heterocycles. The minimum absolute atomic E-state index is 0.0967. The third kappa shape index (κ3) is 5.46. The smallest absolute Gasteiger partial charge is 0.427 e. The van der Waals surface area contributed by atoms with Gasteiger partial charge in [0.1, 0.15) is 11.3 Å². The van der Waals surface area contributed by atoms with E-state index in [2.05, 4.69) is 20.2 Å². The molecule has 8 heteroatoms. The van der Waals surface area contributed by atoms with Crippen LogP contribution in [0.15, 0.2) is 68.9 Å². The monoisotopic (exact) mass is 463 g/mol. The first-order valence-electron chi connectivity index (χ1n) is 11.5. The Labute approximate surface area is 197 Å². The van der Waals surface area contributed by atoms with Crippen molar-refractivity contribution >= 4 is 22.8 Å². The summed E-state index contributed by atoms with van der Waals surface area (Å²) in [6, 6.07) is 16.4. The van der Waals surface area contributed by atoms with Crippen molar-refractivity contribution in [3.63, 3.8) is 0 Å². The van der Waals surface area contributed by atoms with E-state index in [4.69, 9.17) is 4.42 Å². The van der Waals surface area contributed by atoms with Crippen LogP contribution >= 0.6 is 0 Å². The standard InChI is InChI=1S/C26H29N3O5/c1-33-26(32)28-27-19(13-16-29-14-7-8-15-29)17-21(18-9-3-2-4-10-18)23-24(30)20-11-5-6-12-22(20)34-25(23)31/h2-6,9-12,21,30H,7-8,13-17H2,1H3,(H,28,32)/b27-19+/t21-/m0/s1. The number of nitrogens with zero attached hydrogens (tertiary/aromatic N) is 2. The van der Waals surface area contributed by atoms with Crippen LogP contribution < -0.4 is 11.1 Å². The van der Waals surface area contributed by atoms with Gasteiger partial charge in [0, 0.05) is 24.6 Å². The highest BCUT2D eigenvalue weighted by Crippen LogP contribution is 2.36. The molecule has 0 bridgehead atoms. The van der Waals surface area contributed by atoms with Crippen LogP contribution in [0.2, 0.25) is 0 Å². The normalized spacial score (nSPS) is 15.4. The lowest BCUT2D eigenvalue weighted by molar-refractivity contribution is 0.171. The summed E-state index contributed by atoms with van der Waals surface area (Å²) in [6.45, 7) is 2.87. The molecule has 2 N–H and O–H groups in total.